The van der Waals surface area contributed by atoms with Gasteiger partial charge >= 0.3 is 16.1 Å². The number of nitrogens with zero attached hydrogens (tertiary/aromatic N) is 1. The van der Waals surface area contributed by atoms with Crippen LogP contribution in [0.2, 0.25) is 0 Å². The second-order valence-corrected chi connectivity index (χ2v) is 8.08. The molecule has 0 unspecified atom stereocenters. The van der Waals surface area contributed by atoms with Gasteiger partial charge in [-0.25, -0.2) is 4.79 Å². The van der Waals surface area contributed by atoms with Crippen molar-refractivity contribution in [2.24, 2.45) is 0 Å². The molecule has 1 N–H and O–H groups in total. The van der Waals surface area contributed by atoms with E-state index in [1.54, 1.807) is 29.2 Å². The highest BCUT2D eigenvalue weighted by Gasteiger charge is 2.14. The average Bonchev–Trinajstić information content (AvgIpc) is 2.60. The average molecular weight is 391 g/mol. The predicted octanol–water partition coefficient (Wildman–Crippen LogP) is 4.17. The smallest absolute Gasteiger partial charge is 0.322 e. The van der Waals surface area contributed by atoms with Crippen LogP contribution in [0.5, 0.6) is 5.75 Å². The standard InChI is InChI=1S/C20H26N2O4S/c1-4-5-14-22(20(23)21-18-10-6-16(2)7-11-18)15-17-8-12-19(13-9-17)26-27(3,24)25/h6-13H,4-5,14-15H2,1-3H3,(H,21,23). The lowest BCUT2D eigenvalue weighted by atomic mass is 10.2. The van der Waals surface area contributed by atoms with Gasteiger partial charge in [-0.05, 0) is 43.2 Å². The zero-order chi connectivity index (χ0) is 19.9. The minimum absolute atomic E-state index is 0.163. The molecule has 0 heterocycles. The molecule has 0 saturated heterocycles. The molecule has 0 aromatic heterocycles. The van der Waals surface area contributed by atoms with Gasteiger partial charge in [-0.15, -0.1) is 0 Å². The second kappa shape index (κ2) is 9.41. The predicted molar refractivity (Wildman–Crippen MR) is 107 cm³/mol. The Bertz CT molecular complexity index is 847. The Morgan fingerprint density at radius 2 is 1.70 bits per heavy atom. The third-order valence-corrected chi connectivity index (χ3v) is 4.41. The first kappa shape index (κ1) is 20.8. The van der Waals surface area contributed by atoms with E-state index in [2.05, 4.69) is 12.2 Å². The maximum atomic E-state index is 12.7. The van der Waals surface area contributed by atoms with Crippen LogP contribution in [-0.4, -0.2) is 32.1 Å². The van der Waals surface area contributed by atoms with Crippen LogP contribution in [-0.2, 0) is 16.7 Å². The first-order chi connectivity index (χ1) is 12.8. The van der Waals surface area contributed by atoms with Gasteiger partial charge in [0.15, 0.2) is 0 Å². The van der Waals surface area contributed by atoms with Crippen LogP contribution >= 0.6 is 0 Å². The quantitative estimate of drug-likeness (QED) is 0.687. The first-order valence-corrected chi connectivity index (χ1v) is 10.7. The number of unbranched alkanes of at least 4 members (excludes halogenated alkanes) is 1. The molecule has 7 heteroatoms. The summed E-state index contributed by atoms with van der Waals surface area (Å²) in [5.74, 6) is 0.255. The molecule has 2 aromatic rings. The number of nitrogens with one attached hydrogen (secondary N) is 1. The Morgan fingerprint density at radius 3 is 2.26 bits per heavy atom. The fraction of sp³-hybridized carbons (Fsp3) is 0.350. The third kappa shape index (κ3) is 7.30. The highest BCUT2D eigenvalue weighted by Crippen LogP contribution is 2.17. The SMILES string of the molecule is CCCCN(Cc1ccc(OS(C)(=O)=O)cc1)C(=O)Nc1ccc(C)cc1. The summed E-state index contributed by atoms with van der Waals surface area (Å²) in [4.78, 5) is 14.4. The second-order valence-electron chi connectivity index (χ2n) is 6.50. The number of hydrogen-bond donors (Lipinski definition) is 1. The van der Waals surface area contributed by atoms with Crippen LogP contribution in [0, 0.1) is 6.92 Å². The molecule has 0 aliphatic heterocycles. The fourth-order valence-electron chi connectivity index (χ4n) is 2.49. The summed E-state index contributed by atoms with van der Waals surface area (Å²) in [7, 11) is -3.55. The van der Waals surface area contributed by atoms with Crippen LogP contribution in [0.25, 0.3) is 0 Å². The van der Waals surface area contributed by atoms with E-state index in [1.807, 2.05) is 31.2 Å². The molecule has 0 bridgehead atoms. The van der Waals surface area contributed by atoms with Crippen LogP contribution in [0.15, 0.2) is 48.5 Å². The maximum absolute atomic E-state index is 12.7. The van der Waals surface area contributed by atoms with Crippen LogP contribution in [0.1, 0.15) is 30.9 Å². The van der Waals surface area contributed by atoms with Crippen molar-refractivity contribution in [2.45, 2.75) is 33.2 Å². The minimum atomic E-state index is -3.55. The molecule has 2 rings (SSSR count). The third-order valence-electron chi connectivity index (χ3n) is 3.92. The van der Waals surface area contributed by atoms with Gasteiger partial charge in [0.25, 0.3) is 0 Å². The van der Waals surface area contributed by atoms with Gasteiger partial charge in [0.1, 0.15) is 5.75 Å². The van der Waals surface area contributed by atoms with E-state index in [1.165, 1.54) is 0 Å². The summed E-state index contributed by atoms with van der Waals surface area (Å²) in [6, 6.07) is 14.2. The van der Waals surface area contributed by atoms with Crippen LogP contribution < -0.4 is 9.50 Å². The van der Waals surface area contributed by atoms with Crippen molar-refractivity contribution in [3.05, 3.63) is 59.7 Å². The van der Waals surface area contributed by atoms with E-state index >= 15 is 0 Å². The number of hydrogen-bond acceptors (Lipinski definition) is 4. The van der Waals surface area contributed by atoms with Gasteiger partial charge < -0.3 is 14.4 Å². The molecule has 146 valence electrons. The number of aryl methyl sites for hydroxylation is 1. The summed E-state index contributed by atoms with van der Waals surface area (Å²) in [5.41, 5.74) is 2.78. The molecular formula is C20H26N2O4S. The molecular weight excluding hydrogens is 364 g/mol. The molecule has 0 radical (unpaired) electrons. The monoisotopic (exact) mass is 390 g/mol. The number of urea groups is 1. The van der Waals surface area contributed by atoms with Crippen LogP contribution in [0.3, 0.4) is 0 Å². The molecule has 0 aliphatic carbocycles. The Kier molecular flexibility index (Phi) is 7.24. The molecule has 27 heavy (non-hydrogen) atoms. The van der Waals surface area contributed by atoms with Gasteiger partial charge in [-0.1, -0.05) is 43.2 Å². The minimum Gasteiger partial charge on any atom is -0.383 e. The summed E-state index contributed by atoms with van der Waals surface area (Å²) >= 11 is 0. The topological polar surface area (TPSA) is 75.7 Å². The first-order valence-electron chi connectivity index (χ1n) is 8.88. The highest BCUT2D eigenvalue weighted by atomic mass is 32.2. The van der Waals surface area contributed by atoms with Crippen molar-refractivity contribution in [1.82, 2.24) is 4.90 Å². The Labute approximate surface area is 161 Å². The maximum Gasteiger partial charge on any atom is 0.322 e. The van der Waals surface area contributed by atoms with Crippen molar-refractivity contribution >= 4 is 21.8 Å². The number of anilines is 1. The Balaban J connectivity index is 2.06. The zero-order valence-corrected chi connectivity index (χ0v) is 16.8. The summed E-state index contributed by atoms with van der Waals surface area (Å²) in [5, 5.41) is 2.92. The molecule has 6 nitrogen and oxygen atoms in total. The Hall–Kier alpha value is -2.54. The summed E-state index contributed by atoms with van der Waals surface area (Å²) < 4.78 is 27.2. The summed E-state index contributed by atoms with van der Waals surface area (Å²) in [6.07, 6.45) is 2.88. The highest BCUT2D eigenvalue weighted by molar-refractivity contribution is 7.86. The van der Waals surface area contributed by atoms with Gasteiger partial charge in [-0.3, -0.25) is 0 Å². The largest absolute Gasteiger partial charge is 0.383 e. The number of benzene rings is 2. The number of carbonyl (C=O) groups is 1. The van der Waals surface area contributed by atoms with Gasteiger partial charge in [-0.2, -0.15) is 8.42 Å². The number of carbonyl (C=O) groups excluding carboxylic acids is 1. The lowest BCUT2D eigenvalue weighted by Gasteiger charge is -2.23. The lowest BCUT2D eigenvalue weighted by molar-refractivity contribution is 0.208. The van der Waals surface area contributed by atoms with E-state index in [9.17, 15) is 13.2 Å². The van der Waals surface area contributed by atoms with Crippen molar-refractivity contribution in [1.29, 1.82) is 0 Å². The van der Waals surface area contributed by atoms with Gasteiger partial charge in [0, 0.05) is 18.8 Å². The van der Waals surface area contributed by atoms with Crippen molar-refractivity contribution < 1.29 is 17.4 Å². The van der Waals surface area contributed by atoms with Crippen molar-refractivity contribution in [3.8, 4) is 5.75 Å². The van der Waals surface area contributed by atoms with Crippen LogP contribution in [0.4, 0.5) is 10.5 Å². The van der Waals surface area contributed by atoms with E-state index in [0.717, 1.165) is 35.9 Å². The van der Waals surface area contributed by atoms with E-state index < -0.39 is 10.1 Å². The molecule has 0 spiro atoms. The normalized spacial score (nSPS) is 11.1. The number of amides is 2. The number of rotatable bonds is 8. The molecule has 0 fully saturated rings. The lowest BCUT2D eigenvalue weighted by Crippen LogP contribution is -2.35. The fourth-order valence-corrected chi connectivity index (χ4v) is 2.95. The molecule has 0 atom stereocenters. The molecule has 0 aliphatic rings. The van der Waals surface area contributed by atoms with Crippen molar-refractivity contribution in [3.63, 3.8) is 0 Å². The molecule has 2 amide bonds. The van der Waals surface area contributed by atoms with Gasteiger partial charge in [0.05, 0.1) is 6.26 Å². The van der Waals surface area contributed by atoms with Gasteiger partial charge in [0.2, 0.25) is 0 Å². The molecule has 2 aromatic carbocycles. The van der Waals surface area contributed by atoms with E-state index in [4.69, 9.17) is 4.18 Å². The van der Waals surface area contributed by atoms with E-state index in [-0.39, 0.29) is 11.8 Å². The molecule has 0 saturated carbocycles. The van der Waals surface area contributed by atoms with Crippen molar-refractivity contribution in [2.75, 3.05) is 18.1 Å². The van der Waals surface area contributed by atoms with E-state index in [0.29, 0.717) is 13.1 Å². The Morgan fingerprint density at radius 1 is 1.07 bits per heavy atom. The summed E-state index contributed by atoms with van der Waals surface area (Å²) in [6.45, 7) is 5.14. The zero-order valence-electron chi connectivity index (χ0n) is 15.9.